The number of pyridine rings is 1. The van der Waals surface area contributed by atoms with Gasteiger partial charge in [0.2, 0.25) is 0 Å². The summed E-state index contributed by atoms with van der Waals surface area (Å²) in [6, 6.07) is 19.0. The molecule has 0 unspecified atom stereocenters. The fraction of sp³-hybridized carbons (Fsp3) is 0.0500. The van der Waals surface area contributed by atoms with Crippen LogP contribution in [0.1, 0.15) is 11.1 Å². The molecule has 26 heavy (non-hydrogen) atoms. The smallest absolute Gasteiger partial charge is 0.325 e. The van der Waals surface area contributed by atoms with E-state index in [0.29, 0.717) is 17.1 Å². The van der Waals surface area contributed by atoms with Crippen LogP contribution in [-0.4, -0.2) is 5.96 Å². The fourth-order valence-corrected chi connectivity index (χ4v) is 2.50. The molecule has 0 aliphatic carbocycles. The predicted octanol–water partition coefficient (Wildman–Crippen LogP) is 2.99. The molecule has 2 aromatic carbocycles. The number of nitrogens with two attached hydrogens (primary N) is 2. The van der Waals surface area contributed by atoms with Crippen LogP contribution in [0.25, 0.3) is 11.1 Å². The molecule has 0 saturated carbocycles. The summed E-state index contributed by atoms with van der Waals surface area (Å²) in [6.07, 6.45) is 1.85. The highest BCUT2D eigenvalue weighted by atomic mass is 15.1. The predicted molar refractivity (Wildman–Crippen MR) is 104 cm³/mol. The standard InChI is InChI=1S/C20H18N6/c1-13-2-3-15(11-21)18(10-13)25-20(23)26-19-9-6-16(12-24-19)14-4-7-17(22)8-5-14/h2-10,12H,22H2,1H3,(H3,23,24,25,26)/p+1. The molecule has 0 aliphatic rings. The summed E-state index contributed by atoms with van der Waals surface area (Å²) < 4.78 is 0. The van der Waals surface area contributed by atoms with E-state index in [2.05, 4.69) is 21.4 Å². The summed E-state index contributed by atoms with van der Waals surface area (Å²) in [7, 11) is 0. The Morgan fingerprint density at radius 1 is 1.08 bits per heavy atom. The van der Waals surface area contributed by atoms with Gasteiger partial charge in [-0.25, -0.2) is 4.98 Å². The van der Waals surface area contributed by atoms with Crippen LogP contribution in [0.2, 0.25) is 0 Å². The molecule has 0 spiro atoms. The molecule has 128 valence electrons. The largest absolute Gasteiger partial charge is 0.399 e. The molecule has 0 fully saturated rings. The highest BCUT2D eigenvalue weighted by molar-refractivity contribution is 5.94. The lowest BCUT2D eigenvalue weighted by molar-refractivity contribution is -0.361. The van der Waals surface area contributed by atoms with Crippen LogP contribution in [0.3, 0.4) is 0 Å². The summed E-state index contributed by atoms with van der Waals surface area (Å²) in [5, 5.41) is 12.2. The maximum Gasteiger partial charge on any atom is 0.325 e. The van der Waals surface area contributed by atoms with Crippen molar-refractivity contribution in [2.75, 3.05) is 11.1 Å². The summed E-state index contributed by atoms with van der Waals surface area (Å²) >= 11 is 0. The second-order valence-electron chi connectivity index (χ2n) is 5.87. The third-order valence-electron chi connectivity index (χ3n) is 3.84. The third kappa shape index (κ3) is 3.97. The van der Waals surface area contributed by atoms with Crippen molar-refractivity contribution in [1.29, 1.82) is 5.26 Å². The number of aryl methyl sites for hydroxylation is 1. The molecule has 0 atom stereocenters. The van der Waals surface area contributed by atoms with Crippen molar-refractivity contribution < 1.29 is 4.98 Å². The number of aromatic nitrogens is 1. The molecule has 6 N–H and O–H groups in total. The van der Waals surface area contributed by atoms with Crippen molar-refractivity contribution in [2.24, 2.45) is 10.7 Å². The van der Waals surface area contributed by atoms with Gasteiger partial charge in [0.25, 0.3) is 0 Å². The van der Waals surface area contributed by atoms with E-state index in [1.807, 2.05) is 61.7 Å². The first kappa shape index (κ1) is 17.0. The summed E-state index contributed by atoms with van der Waals surface area (Å²) in [5.41, 5.74) is 16.6. The monoisotopic (exact) mass is 343 g/mol. The SMILES string of the molecule is Cc1ccc(C#N)c(NC(N)=Nc2ccc(-c3ccc(N)cc3)c[nH+]2)c1. The Hall–Kier alpha value is -3.85. The van der Waals surface area contributed by atoms with Gasteiger partial charge in [-0.1, -0.05) is 18.2 Å². The van der Waals surface area contributed by atoms with Crippen LogP contribution >= 0.6 is 0 Å². The number of nitriles is 1. The maximum absolute atomic E-state index is 9.18. The quantitative estimate of drug-likeness (QED) is 0.385. The third-order valence-corrected chi connectivity index (χ3v) is 3.84. The Kier molecular flexibility index (Phi) is 4.81. The van der Waals surface area contributed by atoms with Gasteiger partial charge in [-0.15, -0.1) is 0 Å². The van der Waals surface area contributed by atoms with Gasteiger partial charge >= 0.3 is 11.8 Å². The number of benzene rings is 2. The molecule has 6 nitrogen and oxygen atoms in total. The molecule has 1 heterocycles. The number of nitrogen functional groups attached to an aromatic ring is 1. The maximum atomic E-state index is 9.18. The summed E-state index contributed by atoms with van der Waals surface area (Å²) in [4.78, 5) is 7.41. The molecular weight excluding hydrogens is 324 g/mol. The zero-order valence-corrected chi connectivity index (χ0v) is 14.3. The minimum Gasteiger partial charge on any atom is -0.399 e. The van der Waals surface area contributed by atoms with Gasteiger partial charge in [0.05, 0.1) is 17.4 Å². The lowest BCUT2D eigenvalue weighted by Gasteiger charge is -2.05. The molecule has 1 aromatic heterocycles. The number of anilines is 2. The number of H-pyrrole nitrogens is 1. The van der Waals surface area contributed by atoms with E-state index in [0.717, 1.165) is 22.4 Å². The molecule has 0 amide bonds. The van der Waals surface area contributed by atoms with E-state index >= 15 is 0 Å². The van der Waals surface area contributed by atoms with Crippen molar-refractivity contribution in [2.45, 2.75) is 6.92 Å². The van der Waals surface area contributed by atoms with Gasteiger partial charge in [-0.2, -0.15) is 5.26 Å². The van der Waals surface area contributed by atoms with E-state index in [-0.39, 0.29) is 5.96 Å². The van der Waals surface area contributed by atoms with E-state index in [9.17, 15) is 5.26 Å². The first-order valence-electron chi connectivity index (χ1n) is 8.05. The van der Waals surface area contributed by atoms with Crippen molar-refractivity contribution in [3.63, 3.8) is 0 Å². The van der Waals surface area contributed by atoms with E-state index in [1.54, 1.807) is 6.07 Å². The number of hydrogen-bond acceptors (Lipinski definition) is 3. The Morgan fingerprint density at radius 2 is 1.81 bits per heavy atom. The topological polar surface area (TPSA) is 114 Å². The normalized spacial score (nSPS) is 11.0. The van der Waals surface area contributed by atoms with Gasteiger partial charge < -0.3 is 16.8 Å². The molecule has 3 aromatic rings. The lowest BCUT2D eigenvalue weighted by atomic mass is 10.1. The average molecular weight is 343 g/mol. The second-order valence-corrected chi connectivity index (χ2v) is 5.87. The van der Waals surface area contributed by atoms with Gasteiger partial charge in [0.1, 0.15) is 6.07 Å². The molecule has 0 saturated heterocycles. The number of aliphatic imine (C=N–C) groups is 1. The van der Waals surface area contributed by atoms with Crippen molar-refractivity contribution in [1.82, 2.24) is 0 Å². The van der Waals surface area contributed by atoms with Gasteiger partial charge in [0.15, 0.2) is 0 Å². The highest BCUT2D eigenvalue weighted by Crippen LogP contribution is 2.20. The van der Waals surface area contributed by atoms with Crippen LogP contribution in [0, 0.1) is 18.3 Å². The molecule has 3 rings (SSSR count). The molecule has 0 bridgehead atoms. The minimum atomic E-state index is 0.198. The van der Waals surface area contributed by atoms with Crippen LogP contribution in [0.4, 0.5) is 17.2 Å². The molecular formula is C20H19N6+. The van der Waals surface area contributed by atoms with Crippen LogP contribution in [0.5, 0.6) is 0 Å². The van der Waals surface area contributed by atoms with Crippen molar-refractivity contribution in [3.8, 4) is 17.2 Å². The van der Waals surface area contributed by atoms with E-state index in [1.165, 1.54) is 0 Å². The van der Waals surface area contributed by atoms with Crippen LogP contribution in [0.15, 0.2) is 65.8 Å². The first-order chi connectivity index (χ1) is 12.5. The Labute approximate surface area is 151 Å². The lowest BCUT2D eigenvalue weighted by Crippen LogP contribution is -2.23. The average Bonchev–Trinajstić information content (AvgIpc) is 2.63. The Bertz CT molecular complexity index is 982. The Morgan fingerprint density at radius 3 is 2.46 bits per heavy atom. The summed E-state index contributed by atoms with van der Waals surface area (Å²) in [5.74, 6) is 0.795. The van der Waals surface area contributed by atoms with Crippen LogP contribution in [-0.2, 0) is 0 Å². The highest BCUT2D eigenvalue weighted by Gasteiger charge is 2.09. The number of nitrogens with one attached hydrogen (secondary N) is 2. The number of guanidine groups is 1. The van der Waals surface area contributed by atoms with Crippen LogP contribution < -0.4 is 21.8 Å². The number of rotatable bonds is 3. The van der Waals surface area contributed by atoms with Gasteiger partial charge in [-0.05, 0) is 53.4 Å². The Balaban J connectivity index is 1.78. The number of aromatic amines is 1. The van der Waals surface area contributed by atoms with Crippen molar-refractivity contribution >= 4 is 23.2 Å². The number of nitrogens with zero attached hydrogens (tertiary/aromatic N) is 2. The zero-order chi connectivity index (χ0) is 18.5. The number of hydrogen-bond donors (Lipinski definition) is 3. The summed E-state index contributed by atoms with van der Waals surface area (Å²) in [6.45, 7) is 1.95. The van der Waals surface area contributed by atoms with E-state index < -0.39 is 0 Å². The van der Waals surface area contributed by atoms with Gasteiger partial charge in [0, 0.05) is 17.3 Å². The van der Waals surface area contributed by atoms with Gasteiger partial charge in [-0.3, -0.25) is 0 Å². The van der Waals surface area contributed by atoms with E-state index in [4.69, 9.17) is 11.5 Å². The molecule has 6 heteroatoms. The van der Waals surface area contributed by atoms with Crippen molar-refractivity contribution in [3.05, 3.63) is 71.9 Å². The fourth-order valence-electron chi connectivity index (χ4n) is 2.50. The molecule has 0 aliphatic heterocycles. The molecule has 0 radical (unpaired) electrons. The minimum absolute atomic E-state index is 0.198. The first-order valence-corrected chi connectivity index (χ1v) is 8.05. The second kappa shape index (κ2) is 7.36. The zero-order valence-electron chi connectivity index (χ0n) is 14.3.